The van der Waals surface area contributed by atoms with Gasteiger partial charge in [-0.1, -0.05) is 20.3 Å². The number of nitrogens with two attached hydrogens (primary N) is 1. The lowest BCUT2D eigenvalue weighted by atomic mass is 10.3. The van der Waals surface area contributed by atoms with Gasteiger partial charge in [0.05, 0.1) is 12.4 Å². The van der Waals surface area contributed by atoms with Crippen molar-refractivity contribution in [2.45, 2.75) is 38.4 Å². The number of esters is 1. The highest BCUT2D eigenvalue weighted by molar-refractivity contribution is 8.00. The summed E-state index contributed by atoms with van der Waals surface area (Å²) < 4.78 is 5.02. The van der Waals surface area contributed by atoms with Crippen LogP contribution in [-0.4, -0.2) is 30.1 Å². The summed E-state index contributed by atoms with van der Waals surface area (Å²) >= 11 is 1.61. The number of unbranched alkanes of at least 4 members (excludes halogenated alkanes) is 1. The van der Waals surface area contributed by atoms with Gasteiger partial charge in [0.2, 0.25) is 0 Å². The fourth-order valence-corrected chi connectivity index (χ4v) is 1.71. The molecule has 3 nitrogen and oxygen atoms in total. The van der Waals surface area contributed by atoms with Gasteiger partial charge in [0.1, 0.15) is 0 Å². The zero-order valence-corrected chi connectivity index (χ0v) is 9.94. The van der Waals surface area contributed by atoms with Gasteiger partial charge in [0.25, 0.3) is 0 Å². The van der Waals surface area contributed by atoms with Crippen molar-refractivity contribution in [1.82, 2.24) is 0 Å². The molecule has 1 atom stereocenters. The van der Waals surface area contributed by atoms with Gasteiger partial charge in [-0.2, -0.15) is 0 Å². The highest BCUT2D eigenvalue weighted by Crippen LogP contribution is 2.13. The van der Waals surface area contributed by atoms with E-state index < -0.39 is 0 Å². The quantitative estimate of drug-likeness (QED) is 0.499. The van der Waals surface area contributed by atoms with Crippen molar-refractivity contribution < 1.29 is 9.53 Å². The molecule has 4 heteroatoms. The van der Waals surface area contributed by atoms with Crippen molar-refractivity contribution in [2.24, 2.45) is 5.73 Å². The molecule has 0 aliphatic rings. The van der Waals surface area contributed by atoms with E-state index in [4.69, 9.17) is 10.5 Å². The largest absolute Gasteiger partial charge is 0.465 e. The molecule has 0 saturated carbocycles. The molecule has 1 unspecified atom stereocenters. The van der Waals surface area contributed by atoms with Crippen LogP contribution in [0, 0.1) is 0 Å². The molecule has 0 heterocycles. The molecule has 0 aliphatic carbocycles. The van der Waals surface area contributed by atoms with Gasteiger partial charge < -0.3 is 10.5 Å². The van der Waals surface area contributed by atoms with Gasteiger partial charge in [-0.25, -0.2) is 0 Å². The van der Waals surface area contributed by atoms with Crippen molar-refractivity contribution in [2.75, 3.05) is 18.9 Å². The van der Waals surface area contributed by atoms with Crippen molar-refractivity contribution in [3.63, 3.8) is 0 Å². The van der Waals surface area contributed by atoms with E-state index in [-0.39, 0.29) is 5.97 Å². The Hall–Kier alpha value is -0.220. The SMILES string of the molecule is CCCCOC(=O)CSC(C)CCN. The molecule has 0 aromatic heterocycles. The minimum atomic E-state index is -0.104. The van der Waals surface area contributed by atoms with Crippen LogP contribution in [0.1, 0.15) is 33.1 Å². The lowest BCUT2D eigenvalue weighted by molar-refractivity contribution is -0.140. The smallest absolute Gasteiger partial charge is 0.315 e. The Bertz CT molecular complexity index is 153. The molecule has 0 amide bonds. The molecule has 0 aromatic carbocycles. The van der Waals surface area contributed by atoms with Crippen molar-refractivity contribution in [3.8, 4) is 0 Å². The third kappa shape index (κ3) is 8.38. The monoisotopic (exact) mass is 219 g/mol. The highest BCUT2D eigenvalue weighted by atomic mass is 32.2. The van der Waals surface area contributed by atoms with Crippen LogP contribution < -0.4 is 5.73 Å². The van der Waals surface area contributed by atoms with Crippen LogP contribution in [-0.2, 0) is 9.53 Å². The van der Waals surface area contributed by atoms with E-state index >= 15 is 0 Å². The van der Waals surface area contributed by atoms with Crippen molar-refractivity contribution >= 4 is 17.7 Å². The van der Waals surface area contributed by atoms with Crippen LogP contribution >= 0.6 is 11.8 Å². The lowest BCUT2D eigenvalue weighted by Gasteiger charge is -2.09. The van der Waals surface area contributed by atoms with E-state index in [2.05, 4.69) is 13.8 Å². The van der Waals surface area contributed by atoms with E-state index in [9.17, 15) is 4.79 Å². The van der Waals surface area contributed by atoms with E-state index in [1.165, 1.54) is 0 Å². The zero-order valence-electron chi connectivity index (χ0n) is 9.12. The number of carbonyl (C=O) groups excluding carboxylic acids is 1. The fraction of sp³-hybridized carbons (Fsp3) is 0.900. The Morgan fingerprint density at radius 3 is 2.86 bits per heavy atom. The van der Waals surface area contributed by atoms with Crippen molar-refractivity contribution in [3.05, 3.63) is 0 Å². The summed E-state index contributed by atoms with van der Waals surface area (Å²) in [6.45, 7) is 5.39. The number of hydrogen-bond donors (Lipinski definition) is 1. The molecular formula is C10H21NO2S. The number of hydrogen-bond acceptors (Lipinski definition) is 4. The average molecular weight is 219 g/mol. The van der Waals surface area contributed by atoms with Crippen LogP contribution in [0.15, 0.2) is 0 Å². The highest BCUT2D eigenvalue weighted by Gasteiger charge is 2.06. The van der Waals surface area contributed by atoms with Crippen LogP contribution in [0.5, 0.6) is 0 Å². The molecule has 0 bridgehead atoms. The summed E-state index contributed by atoms with van der Waals surface area (Å²) in [7, 11) is 0. The maximum Gasteiger partial charge on any atom is 0.315 e. The topological polar surface area (TPSA) is 52.3 Å². The first-order chi connectivity index (χ1) is 6.70. The Balaban J connectivity index is 3.34. The molecule has 0 radical (unpaired) electrons. The second-order valence-corrected chi connectivity index (χ2v) is 4.70. The van der Waals surface area contributed by atoms with Crippen molar-refractivity contribution in [1.29, 1.82) is 0 Å². The van der Waals surface area contributed by atoms with Gasteiger partial charge in [-0.3, -0.25) is 4.79 Å². The maximum absolute atomic E-state index is 11.2. The summed E-state index contributed by atoms with van der Waals surface area (Å²) in [6, 6.07) is 0. The predicted octanol–water partition coefficient (Wildman–Crippen LogP) is 1.80. The summed E-state index contributed by atoms with van der Waals surface area (Å²) in [4.78, 5) is 11.2. The Morgan fingerprint density at radius 1 is 1.57 bits per heavy atom. The molecule has 0 fully saturated rings. The Labute approximate surface area is 90.8 Å². The van der Waals surface area contributed by atoms with Gasteiger partial charge in [-0.05, 0) is 19.4 Å². The minimum Gasteiger partial charge on any atom is -0.465 e. The van der Waals surface area contributed by atoms with Crippen LogP contribution in [0.25, 0.3) is 0 Å². The lowest BCUT2D eigenvalue weighted by Crippen LogP contribution is -2.13. The summed E-state index contributed by atoms with van der Waals surface area (Å²) in [6.07, 6.45) is 2.96. The molecule has 84 valence electrons. The van der Waals surface area contributed by atoms with E-state index in [0.29, 0.717) is 24.2 Å². The van der Waals surface area contributed by atoms with Gasteiger partial charge in [0, 0.05) is 5.25 Å². The number of ether oxygens (including phenoxy) is 1. The third-order valence-corrected chi connectivity index (χ3v) is 3.03. The van der Waals surface area contributed by atoms with Gasteiger partial charge in [-0.15, -0.1) is 11.8 Å². The molecular weight excluding hydrogens is 198 g/mol. The minimum absolute atomic E-state index is 0.104. The van der Waals surface area contributed by atoms with E-state index in [0.717, 1.165) is 19.3 Å². The normalized spacial score (nSPS) is 12.5. The molecule has 14 heavy (non-hydrogen) atoms. The average Bonchev–Trinajstić information content (AvgIpc) is 2.16. The molecule has 0 spiro atoms. The Morgan fingerprint density at radius 2 is 2.29 bits per heavy atom. The Kier molecular flexibility index (Phi) is 9.19. The zero-order chi connectivity index (χ0) is 10.8. The van der Waals surface area contributed by atoms with E-state index in [1.54, 1.807) is 11.8 Å². The second-order valence-electron chi connectivity index (χ2n) is 3.27. The van der Waals surface area contributed by atoms with Crippen LogP contribution in [0.3, 0.4) is 0 Å². The summed E-state index contributed by atoms with van der Waals surface area (Å²) in [5.74, 6) is 0.345. The van der Waals surface area contributed by atoms with Gasteiger partial charge in [0.15, 0.2) is 0 Å². The number of carbonyl (C=O) groups is 1. The maximum atomic E-state index is 11.2. The molecule has 0 rings (SSSR count). The third-order valence-electron chi connectivity index (χ3n) is 1.82. The number of thioether (sulfide) groups is 1. The molecule has 0 saturated heterocycles. The first-order valence-corrected chi connectivity index (χ1v) is 6.22. The second kappa shape index (κ2) is 9.34. The fourth-order valence-electron chi connectivity index (χ4n) is 0.900. The molecule has 0 aliphatic heterocycles. The summed E-state index contributed by atoms with van der Waals surface area (Å²) in [5, 5.41) is 0.443. The molecule has 2 N–H and O–H groups in total. The standard InChI is InChI=1S/C10H21NO2S/c1-3-4-7-13-10(12)8-14-9(2)5-6-11/h9H,3-8,11H2,1-2H3. The first kappa shape index (κ1) is 13.8. The summed E-state index contributed by atoms with van der Waals surface area (Å²) in [5.41, 5.74) is 5.40. The van der Waals surface area contributed by atoms with E-state index in [1.807, 2.05) is 0 Å². The molecule has 0 aromatic rings. The van der Waals surface area contributed by atoms with Gasteiger partial charge >= 0.3 is 5.97 Å². The predicted molar refractivity (Wildman–Crippen MR) is 61.5 cm³/mol. The first-order valence-electron chi connectivity index (χ1n) is 5.18. The number of rotatable bonds is 8. The van der Waals surface area contributed by atoms with Crippen LogP contribution in [0.4, 0.5) is 0 Å². The van der Waals surface area contributed by atoms with Crippen LogP contribution in [0.2, 0.25) is 0 Å².